The third kappa shape index (κ3) is 9.90. The van der Waals surface area contributed by atoms with E-state index in [1.54, 1.807) is 0 Å². The summed E-state index contributed by atoms with van der Waals surface area (Å²) in [6.07, 6.45) is 4.03. The van der Waals surface area contributed by atoms with Crippen molar-refractivity contribution in [1.82, 2.24) is 4.90 Å². The predicted molar refractivity (Wildman–Crippen MR) is 87.9 cm³/mol. The van der Waals surface area contributed by atoms with Crippen LogP contribution < -0.4 is 0 Å². The Kier molecular flexibility index (Phi) is 12.1. The van der Waals surface area contributed by atoms with E-state index in [1.807, 2.05) is 13.8 Å². The molecule has 0 saturated carbocycles. The summed E-state index contributed by atoms with van der Waals surface area (Å²) in [5.74, 6) is 0.0233. The second-order valence-electron chi connectivity index (χ2n) is 6.12. The molecule has 0 aliphatic carbocycles. The van der Waals surface area contributed by atoms with Crippen LogP contribution in [0.5, 0.6) is 0 Å². The molecule has 5 nitrogen and oxygen atoms in total. The van der Waals surface area contributed by atoms with Gasteiger partial charge in [0.05, 0.1) is 6.42 Å². The molecule has 5 heteroatoms. The van der Waals surface area contributed by atoms with Crippen molar-refractivity contribution < 1.29 is 19.8 Å². The Bertz CT molecular complexity index is 316. The van der Waals surface area contributed by atoms with Gasteiger partial charge in [0.1, 0.15) is 5.78 Å². The largest absolute Gasteiger partial charge is 0.481 e. The fourth-order valence-electron chi connectivity index (χ4n) is 2.57. The van der Waals surface area contributed by atoms with Crippen molar-refractivity contribution in [2.45, 2.75) is 59.3 Å². The van der Waals surface area contributed by atoms with Crippen molar-refractivity contribution in [2.24, 2.45) is 11.8 Å². The molecule has 0 bridgehead atoms. The number of aliphatic hydroxyl groups excluding tert-OH is 1. The monoisotopic (exact) mass is 315 g/mol. The number of carboxylic acid groups (broad SMARTS) is 1. The third-order valence-corrected chi connectivity index (χ3v) is 4.32. The molecule has 1 unspecified atom stereocenters. The number of aliphatic hydroxyl groups is 1. The first kappa shape index (κ1) is 21.1. The van der Waals surface area contributed by atoms with Crippen LogP contribution in [-0.2, 0) is 9.59 Å². The molecule has 2 N–H and O–H groups in total. The molecule has 0 radical (unpaired) electrons. The van der Waals surface area contributed by atoms with Crippen LogP contribution in [0.1, 0.15) is 59.3 Å². The lowest BCUT2D eigenvalue weighted by Crippen LogP contribution is -2.31. The van der Waals surface area contributed by atoms with Gasteiger partial charge in [-0.2, -0.15) is 0 Å². The number of carbonyl (C=O) groups excluding carboxylic acids is 1. The third-order valence-electron chi connectivity index (χ3n) is 4.32. The fraction of sp³-hybridized carbons (Fsp3) is 0.882. The average Bonchev–Trinajstić information content (AvgIpc) is 2.47. The number of carboxylic acids is 1. The maximum Gasteiger partial charge on any atom is 0.304 e. The number of carbonyl (C=O) groups is 2. The number of ketones is 1. The first-order valence-corrected chi connectivity index (χ1v) is 8.52. The van der Waals surface area contributed by atoms with E-state index in [-0.39, 0.29) is 24.7 Å². The molecule has 0 heterocycles. The van der Waals surface area contributed by atoms with Crippen LogP contribution in [0.3, 0.4) is 0 Å². The summed E-state index contributed by atoms with van der Waals surface area (Å²) in [5.41, 5.74) is 0. The molecule has 0 saturated heterocycles. The van der Waals surface area contributed by atoms with Gasteiger partial charge in [-0.15, -0.1) is 0 Å². The van der Waals surface area contributed by atoms with Crippen LogP contribution in [0.25, 0.3) is 0 Å². The van der Waals surface area contributed by atoms with E-state index in [9.17, 15) is 9.59 Å². The molecule has 0 aromatic carbocycles. The maximum atomic E-state index is 12.1. The topological polar surface area (TPSA) is 77.8 Å². The fourth-order valence-corrected chi connectivity index (χ4v) is 2.57. The summed E-state index contributed by atoms with van der Waals surface area (Å²) >= 11 is 0. The molecule has 0 aliphatic rings. The van der Waals surface area contributed by atoms with E-state index in [2.05, 4.69) is 11.8 Å². The Morgan fingerprint density at radius 3 is 2.09 bits per heavy atom. The zero-order chi connectivity index (χ0) is 17.0. The van der Waals surface area contributed by atoms with Crippen molar-refractivity contribution >= 4 is 11.8 Å². The number of hydrogen-bond donors (Lipinski definition) is 2. The lowest BCUT2D eigenvalue weighted by Gasteiger charge is -2.23. The highest BCUT2D eigenvalue weighted by Gasteiger charge is 2.16. The van der Waals surface area contributed by atoms with E-state index in [4.69, 9.17) is 10.2 Å². The number of Topliss-reactive ketones (excluding diaryl/α,β-unsaturated/α-hetero) is 1. The molecule has 22 heavy (non-hydrogen) atoms. The predicted octanol–water partition coefficient (Wildman–Crippen LogP) is 2.57. The summed E-state index contributed by atoms with van der Waals surface area (Å²) in [6, 6.07) is 0. The van der Waals surface area contributed by atoms with Crippen LogP contribution >= 0.6 is 0 Å². The molecule has 130 valence electrons. The van der Waals surface area contributed by atoms with Gasteiger partial charge in [-0.25, -0.2) is 0 Å². The molecule has 1 atom stereocenters. The molecule has 0 aromatic rings. The van der Waals surface area contributed by atoms with Gasteiger partial charge in [0, 0.05) is 32.0 Å². The van der Waals surface area contributed by atoms with E-state index in [0.29, 0.717) is 25.4 Å². The molecular formula is C17H33NO4. The Hall–Kier alpha value is -0.940. The second kappa shape index (κ2) is 12.6. The van der Waals surface area contributed by atoms with E-state index < -0.39 is 5.97 Å². The highest BCUT2D eigenvalue weighted by molar-refractivity contribution is 5.81. The van der Waals surface area contributed by atoms with Gasteiger partial charge in [0.15, 0.2) is 0 Å². The van der Waals surface area contributed by atoms with Gasteiger partial charge in [0.2, 0.25) is 0 Å². The minimum atomic E-state index is -0.806. The maximum absolute atomic E-state index is 12.1. The van der Waals surface area contributed by atoms with Gasteiger partial charge in [0.25, 0.3) is 0 Å². The Morgan fingerprint density at radius 1 is 1.00 bits per heavy atom. The van der Waals surface area contributed by atoms with Gasteiger partial charge in [-0.3, -0.25) is 9.59 Å². The summed E-state index contributed by atoms with van der Waals surface area (Å²) < 4.78 is 0. The summed E-state index contributed by atoms with van der Waals surface area (Å²) in [6.45, 7) is 8.23. The number of aliphatic carboxylic acids is 1. The lowest BCUT2D eigenvalue weighted by atomic mass is 9.96. The Balaban J connectivity index is 4.33. The van der Waals surface area contributed by atoms with Crippen molar-refractivity contribution in [1.29, 1.82) is 0 Å². The van der Waals surface area contributed by atoms with Gasteiger partial charge < -0.3 is 15.1 Å². The first-order valence-electron chi connectivity index (χ1n) is 8.52. The highest BCUT2D eigenvalue weighted by atomic mass is 16.4. The van der Waals surface area contributed by atoms with Crippen LogP contribution in [0.4, 0.5) is 0 Å². The van der Waals surface area contributed by atoms with Crippen molar-refractivity contribution in [3.05, 3.63) is 0 Å². The first-order chi connectivity index (χ1) is 10.4. The van der Waals surface area contributed by atoms with E-state index in [0.717, 1.165) is 32.2 Å². The lowest BCUT2D eigenvalue weighted by molar-refractivity contribution is -0.137. The number of nitrogens with zero attached hydrogens (tertiary/aromatic N) is 1. The average molecular weight is 315 g/mol. The Labute approximate surface area is 134 Å². The molecule has 0 aliphatic heterocycles. The van der Waals surface area contributed by atoms with Crippen LogP contribution in [0.2, 0.25) is 0 Å². The standard InChI is InChI=1S/C17H33NO4/c1-4-15(5-2)16(20)7-11-18(12-8-17(21)22)10-6-14(3)9-13-19/h14-15,19H,4-13H2,1-3H3,(H,21,22). The van der Waals surface area contributed by atoms with Gasteiger partial charge in [-0.05, 0) is 38.1 Å². The number of rotatable bonds is 14. The van der Waals surface area contributed by atoms with Crippen LogP contribution in [0.15, 0.2) is 0 Å². The molecule has 0 rings (SSSR count). The summed E-state index contributed by atoms with van der Waals surface area (Å²) in [7, 11) is 0. The second-order valence-corrected chi connectivity index (χ2v) is 6.12. The normalized spacial score (nSPS) is 12.8. The molecule has 0 fully saturated rings. The minimum Gasteiger partial charge on any atom is -0.481 e. The summed E-state index contributed by atoms with van der Waals surface area (Å²) in [4.78, 5) is 24.9. The van der Waals surface area contributed by atoms with Crippen LogP contribution in [0, 0.1) is 11.8 Å². The molecule has 0 aromatic heterocycles. The van der Waals surface area contributed by atoms with Crippen LogP contribution in [-0.4, -0.2) is 53.1 Å². The van der Waals surface area contributed by atoms with E-state index in [1.165, 1.54) is 0 Å². The SMILES string of the molecule is CCC(CC)C(=O)CCN(CCC(=O)O)CCC(C)CCO. The van der Waals surface area contributed by atoms with E-state index >= 15 is 0 Å². The van der Waals surface area contributed by atoms with Gasteiger partial charge in [-0.1, -0.05) is 20.8 Å². The van der Waals surface area contributed by atoms with Crippen molar-refractivity contribution in [3.63, 3.8) is 0 Å². The smallest absolute Gasteiger partial charge is 0.304 e. The van der Waals surface area contributed by atoms with Gasteiger partial charge >= 0.3 is 5.97 Å². The summed E-state index contributed by atoms with van der Waals surface area (Å²) in [5, 5.41) is 17.8. The Morgan fingerprint density at radius 2 is 1.59 bits per heavy atom. The molecule has 0 amide bonds. The zero-order valence-electron chi connectivity index (χ0n) is 14.4. The van der Waals surface area contributed by atoms with Crippen molar-refractivity contribution in [2.75, 3.05) is 26.2 Å². The molecule has 0 spiro atoms. The highest BCUT2D eigenvalue weighted by Crippen LogP contribution is 2.13. The van der Waals surface area contributed by atoms with Crippen molar-refractivity contribution in [3.8, 4) is 0 Å². The minimum absolute atomic E-state index is 0.105. The molecular weight excluding hydrogens is 282 g/mol. The zero-order valence-corrected chi connectivity index (χ0v) is 14.4. The quantitative estimate of drug-likeness (QED) is 0.515. The number of hydrogen-bond acceptors (Lipinski definition) is 4.